The number of benzene rings is 4. The number of aromatic nitrogens is 1. The quantitative estimate of drug-likeness (QED) is 0.207. The van der Waals surface area contributed by atoms with E-state index in [0.717, 1.165) is 48.3 Å². The Morgan fingerprint density at radius 3 is 2.48 bits per heavy atom. The predicted octanol–water partition coefficient (Wildman–Crippen LogP) is 7.28. The van der Waals surface area contributed by atoms with Crippen molar-refractivity contribution in [3.05, 3.63) is 113 Å². The Balaban J connectivity index is 1.03. The lowest BCUT2D eigenvalue weighted by Crippen LogP contribution is -2.30. The maximum Gasteiger partial charge on any atom is 0.251 e. The second-order valence-corrected chi connectivity index (χ2v) is 11.7. The van der Waals surface area contributed by atoms with Crippen LogP contribution in [0.2, 0.25) is 0 Å². The molecule has 1 aliphatic rings. The molecule has 1 aliphatic heterocycles. The molecule has 1 saturated heterocycles. The van der Waals surface area contributed by atoms with E-state index in [-0.39, 0.29) is 11.8 Å². The van der Waals surface area contributed by atoms with Crippen LogP contribution in [0.4, 0.5) is 0 Å². The number of hydrogen-bond donors (Lipinski definition) is 1. The van der Waals surface area contributed by atoms with Crippen molar-refractivity contribution in [3.63, 3.8) is 0 Å². The number of nitriles is 2. The number of carbonyl (C=O) groups is 1. The molecule has 5 aromatic rings. The molecule has 1 N–H and O–H groups in total. The van der Waals surface area contributed by atoms with Crippen molar-refractivity contribution in [1.29, 1.82) is 10.5 Å². The van der Waals surface area contributed by atoms with E-state index in [0.29, 0.717) is 46.1 Å². The summed E-state index contributed by atoms with van der Waals surface area (Å²) in [5.74, 6) is 0.960. The number of oxazole rings is 1. The van der Waals surface area contributed by atoms with E-state index in [1.54, 1.807) is 18.2 Å². The number of carbonyl (C=O) groups excluding carboxylic acids is 1. The minimum Gasteiger partial charge on any atom is -0.436 e. The van der Waals surface area contributed by atoms with Crippen LogP contribution in [0.3, 0.4) is 0 Å². The number of nitrogens with zero attached hydrogens (tertiary/aromatic N) is 4. The van der Waals surface area contributed by atoms with Gasteiger partial charge in [0.2, 0.25) is 5.89 Å². The fraction of sp³-hybridized carbons (Fsp3) is 0.243. The Labute approximate surface area is 257 Å². The van der Waals surface area contributed by atoms with Crippen LogP contribution >= 0.6 is 0 Å². The molecule has 2 heterocycles. The molecule has 1 aromatic heterocycles. The van der Waals surface area contributed by atoms with Gasteiger partial charge in [0.15, 0.2) is 5.58 Å². The first-order valence-electron chi connectivity index (χ1n) is 15.0. The van der Waals surface area contributed by atoms with Crippen LogP contribution in [0.5, 0.6) is 0 Å². The van der Waals surface area contributed by atoms with Crippen LogP contribution in [0.25, 0.3) is 33.7 Å². The minimum absolute atomic E-state index is 0.0958. The Morgan fingerprint density at radius 1 is 1.00 bits per heavy atom. The molecule has 1 atom stereocenters. The molecule has 1 unspecified atom stereocenters. The highest BCUT2D eigenvalue weighted by Crippen LogP contribution is 2.31. The lowest BCUT2D eigenvalue weighted by atomic mass is 9.99. The molecule has 0 radical (unpaired) electrons. The Kier molecular flexibility index (Phi) is 8.23. The van der Waals surface area contributed by atoms with Crippen LogP contribution in [0.1, 0.15) is 58.8 Å². The fourth-order valence-electron chi connectivity index (χ4n) is 5.88. The molecule has 7 nitrogen and oxygen atoms in total. The maximum absolute atomic E-state index is 12.9. The molecular formula is C37H33N5O2. The first-order valence-corrected chi connectivity index (χ1v) is 15.0. The molecule has 0 saturated carbocycles. The van der Waals surface area contributed by atoms with Crippen LogP contribution in [-0.4, -0.2) is 35.4 Å². The zero-order valence-corrected chi connectivity index (χ0v) is 24.9. The highest BCUT2D eigenvalue weighted by Gasteiger charge is 2.23. The SMILES string of the molecule is CC(C)c1cc(C#N)cc2nc(-c3ccc(C(=O)NCC4CCN(Cc5ccc(-c6ccccc6C#N)cc5)C4)cc3)oc12. The zero-order chi connectivity index (χ0) is 30.6. The van der Waals surface area contributed by atoms with Crippen molar-refractivity contribution in [2.75, 3.05) is 19.6 Å². The van der Waals surface area contributed by atoms with E-state index in [9.17, 15) is 15.3 Å². The van der Waals surface area contributed by atoms with Crippen molar-refractivity contribution < 1.29 is 9.21 Å². The van der Waals surface area contributed by atoms with E-state index >= 15 is 0 Å². The van der Waals surface area contributed by atoms with Crippen molar-refractivity contribution in [3.8, 4) is 34.7 Å². The van der Waals surface area contributed by atoms with Crippen LogP contribution in [0, 0.1) is 28.6 Å². The Bertz CT molecular complexity index is 1890. The largest absolute Gasteiger partial charge is 0.436 e. The van der Waals surface area contributed by atoms with Gasteiger partial charge in [-0.1, -0.05) is 56.3 Å². The standard InChI is InChI=1S/C37H33N5O2/c1-24(2)33-17-27(19-38)18-34-35(33)44-37(41-34)30-13-11-29(12-14-30)36(43)40-21-26-15-16-42(23-26)22-25-7-9-28(10-8-25)32-6-4-3-5-31(32)20-39/h3-14,17-18,24,26H,15-16,21-23H2,1-2H3,(H,40,43). The topological polar surface area (TPSA) is 106 Å². The highest BCUT2D eigenvalue weighted by molar-refractivity contribution is 5.94. The van der Waals surface area contributed by atoms with Gasteiger partial charge in [-0.3, -0.25) is 9.69 Å². The number of fused-ring (bicyclic) bond motifs is 1. The highest BCUT2D eigenvalue weighted by atomic mass is 16.3. The van der Waals surface area contributed by atoms with Gasteiger partial charge in [-0.2, -0.15) is 10.5 Å². The molecule has 0 bridgehead atoms. The summed E-state index contributed by atoms with van der Waals surface area (Å²) in [5.41, 5.74) is 8.15. The summed E-state index contributed by atoms with van der Waals surface area (Å²) in [6.45, 7) is 7.54. The van der Waals surface area contributed by atoms with Crippen LogP contribution < -0.4 is 5.32 Å². The Morgan fingerprint density at radius 2 is 1.75 bits per heavy atom. The van der Waals surface area contributed by atoms with Gasteiger partial charge in [0.25, 0.3) is 5.91 Å². The monoisotopic (exact) mass is 579 g/mol. The molecule has 218 valence electrons. The normalized spacial score (nSPS) is 14.9. The first kappa shape index (κ1) is 28.9. The van der Waals surface area contributed by atoms with Gasteiger partial charge in [-0.25, -0.2) is 4.98 Å². The Hall–Kier alpha value is -5.24. The number of nitrogens with one attached hydrogen (secondary N) is 1. The van der Waals surface area contributed by atoms with Gasteiger partial charge in [-0.15, -0.1) is 0 Å². The molecule has 44 heavy (non-hydrogen) atoms. The predicted molar refractivity (Wildman–Crippen MR) is 171 cm³/mol. The van der Waals surface area contributed by atoms with E-state index in [1.807, 2.05) is 42.5 Å². The molecule has 1 amide bonds. The molecule has 0 aliphatic carbocycles. The summed E-state index contributed by atoms with van der Waals surface area (Å²) in [4.78, 5) is 20.0. The fourth-order valence-corrected chi connectivity index (χ4v) is 5.88. The molecule has 7 heteroatoms. The van der Waals surface area contributed by atoms with Gasteiger partial charge in [0.05, 0.1) is 23.3 Å². The first-order chi connectivity index (χ1) is 21.4. The summed E-state index contributed by atoms with van der Waals surface area (Å²) in [6.07, 6.45) is 1.04. The van der Waals surface area contributed by atoms with Gasteiger partial charge in [0, 0.05) is 36.3 Å². The number of amides is 1. The van der Waals surface area contributed by atoms with Crippen molar-refractivity contribution in [2.24, 2.45) is 5.92 Å². The summed E-state index contributed by atoms with van der Waals surface area (Å²) in [7, 11) is 0. The van der Waals surface area contributed by atoms with E-state index < -0.39 is 0 Å². The van der Waals surface area contributed by atoms with Crippen molar-refractivity contribution >= 4 is 17.0 Å². The summed E-state index contributed by atoms with van der Waals surface area (Å²) in [6, 6.07) is 31.5. The number of rotatable bonds is 8. The lowest BCUT2D eigenvalue weighted by molar-refractivity contribution is 0.0947. The second-order valence-electron chi connectivity index (χ2n) is 11.7. The van der Waals surface area contributed by atoms with Gasteiger partial charge < -0.3 is 9.73 Å². The zero-order valence-electron chi connectivity index (χ0n) is 24.9. The lowest BCUT2D eigenvalue weighted by Gasteiger charge is -2.17. The second kappa shape index (κ2) is 12.6. The van der Waals surface area contributed by atoms with Crippen molar-refractivity contribution in [1.82, 2.24) is 15.2 Å². The third kappa shape index (κ3) is 6.10. The van der Waals surface area contributed by atoms with E-state index in [1.165, 1.54) is 5.56 Å². The van der Waals surface area contributed by atoms with Gasteiger partial charge in [-0.05, 0) is 84.0 Å². The average Bonchev–Trinajstić information content (AvgIpc) is 3.70. The molecule has 0 spiro atoms. The molecule has 4 aromatic carbocycles. The van der Waals surface area contributed by atoms with Gasteiger partial charge in [0.1, 0.15) is 5.52 Å². The number of likely N-dealkylation sites (tertiary alicyclic amines) is 1. The maximum atomic E-state index is 12.9. The van der Waals surface area contributed by atoms with Crippen LogP contribution in [0.15, 0.2) is 89.3 Å². The van der Waals surface area contributed by atoms with Crippen LogP contribution in [-0.2, 0) is 6.54 Å². The molecule has 1 fully saturated rings. The van der Waals surface area contributed by atoms with Crippen molar-refractivity contribution in [2.45, 2.75) is 32.7 Å². The van der Waals surface area contributed by atoms with E-state index in [4.69, 9.17) is 4.42 Å². The third-order valence-corrected chi connectivity index (χ3v) is 8.30. The average molecular weight is 580 g/mol. The third-order valence-electron chi connectivity index (χ3n) is 8.30. The summed E-state index contributed by atoms with van der Waals surface area (Å²) >= 11 is 0. The van der Waals surface area contributed by atoms with E-state index in [2.05, 4.69) is 65.5 Å². The van der Waals surface area contributed by atoms with Gasteiger partial charge >= 0.3 is 0 Å². The summed E-state index contributed by atoms with van der Waals surface area (Å²) in [5, 5.41) is 21.9. The summed E-state index contributed by atoms with van der Waals surface area (Å²) < 4.78 is 6.11. The smallest absolute Gasteiger partial charge is 0.251 e. The molecular weight excluding hydrogens is 546 g/mol. The number of hydrogen-bond acceptors (Lipinski definition) is 6. The molecule has 6 rings (SSSR count). The minimum atomic E-state index is -0.0958.